The largest absolute Gasteiger partial charge is 0.324 e. The van der Waals surface area contributed by atoms with Crippen LogP contribution in [-0.4, -0.2) is 11.4 Å². The molecule has 3 N–H and O–H groups in total. The quantitative estimate of drug-likeness (QED) is 0.870. The summed E-state index contributed by atoms with van der Waals surface area (Å²) in [6.45, 7) is 1.64. The Morgan fingerprint density at radius 3 is 2.61 bits per heavy atom. The second-order valence-electron chi connectivity index (χ2n) is 4.73. The van der Waals surface area contributed by atoms with Crippen LogP contribution in [0.5, 0.6) is 0 Å². The van der Waals surface area contributed by atoms with E-state index in [4.69, 9.17) is 5.73 Å². The van der Waals surface area contributed by atoms with Crippen LogP contribution in [0.25, 0.3) is 0 Å². The average Bonchev–Trinajstić information content (AvgIpc) is 2.73. The molecule has 5 heteroatoms. The van der Waals surface area contributed by atoms with Crippen LogP contribution in [-0.2, 0) is 4.79 Å². The Hall–Kier alpha value is -1.13. The minimum absolute atomic E-state index is 0. The van der Waals surface area contributed by atoms with Gasteiger partial charge in [0.2, 0.25) is 5.91 Å². The number of hydrogen-bond acceptors (Lipinski definition) is 2. The molecule has 0 bridgehead atoms. The smallest absolute Gasteiger partial charge is 0.244 e. The zero-order valence-corrected chi connectivity index (χ0v) is 11.1. The number of halogens is 2. The van der Waals surface area contributed by atoms with Gasteiger partial charge >= 0.3 is 0 Å². The third-order valence-electron chi connectivity index (χ3n) is 3.46. The van der Waals surface area contributed by atoms with Gasteiger partial charge in [0.05, 0.1) is 5.54 Å². The van der Waals surface area contributed by atoms with Crippen molar-refractivity contribution in [1.29, 1.82) is 0 Å². The van der Waals surface area contributed by atoms with Crippen LogP contribution in [0.1, 0.15) is 31.2 Å². The fourth-order valence-corrected chi connectivity index (χ4v) is 2.22. The second kappa shape index (κ2) is 5.67. The molecule has 0 radical (unpaired) electrons. The van der Waals surface area contributed by atoms with Gasteiger partial charge in [-0.1, -0.05) is 18.9 Å². The molecule has 0 atom stereocenters. The van der Waals surface area contributed by atoms with Crippen molar-refractivity contribution in [1.82, 2.24) is 0 Å². The predicted molar refractivity (Wildman–Crippen MR) is 72.4 cm³/mol. The first-order chi connectivity index (χ1) is 8.03. The molecule has 1 aromatic rings. The van der Waals surface area contributed by atoms with Gasteiger partial charge in [-0.25, -0.2) is 4.39 Å². The minimum Gasteiger partial charge on any atom is -0.324 e. The minimum atomic E-state index is -0.779. The molecule has 0 aliphatic heterocycles. The average molecular weight is 273 g/mol. The first-order valence-electron chi connectivity index (χ1n) is 5.88. The first kappa shape index (κ1) is 14.9. The highest BCUT2D eigenvalue weighted by Gasteiger charge is 2.37. The Morgan fingerprint density at radius 2 is 2.00 bits per heavy atom. The maximum Gasteiger partial charge on any atom is 0.244 e. The molecule has 2 rings (SSSR count). The van der Waals surface area contributed by atoms with Crippen LogP contribution in [0, 0.1) is 12.7 Å². The molecule has 1 aromatic carbocycles. The lowest BCUT2D eigenvalue weighted by atomic mass is 9.98. The number of carbonyl (C=O) groups excluding carboxylic acids is 1. The van der Waals surface area contributed by atoms with Gasteiger partial charge in [0.1, 0.15) is 5.82 Å². The molecular weight excluding hydrogens is 255 g/mol. The van der Waals surface area contributed by atoms with Crippen LogP contribution in [0.3, 0.4) is 0 Å². The van der Waals surface area contributed by atoms with Crippen molar-refractivity contribution in [3.8, 4) is 0 Å². The first-order valence-corrected chi connectivity index (χ1v) is 5.88. The van der Waals surface area contributed by atoms with Crippen molar-refractivity contribution in [2.75, 3.05) is 5.32 Å². The number of benzene rings is 1. The molecule has 0 spiro atoms. The van der Waals surface area contributed by atoms with Crippen molar-refractivity contribution < 1.29 is 9.18 Å². The Kier molecular flexibility index (Phi) is 4.71. The van der Waals surface area contributed by atoms with E-state index in [0.717, 1.165) is 12.8 Å². The maximum absolute atomic E-state index is 13.3. The van der Waals surface area contributed by atoms with Crippen molar-refractivity contribution >= 4 is 24.0 Å². The molecule has 3 nitrogen and oxygen atoms in total. The van der Waals surface area contributed by atoms with Crippen molar-refractivity contribution in [3.63, 3.8) is 0 Å². The van der Waals surface area contributed by atoms with E-state index in [1.807, 2.05) is 0 Å². The van der Waals surface area contributed by atoms with Crippen LogP contribution < -0.4 is 11.1 Å². The fourth-order valence-electron chi connectivity index (χ4n) is 2.22. The molecular formula is C13H18ClFN2O. The van der Waals surface area contributed by atoms with Gasteiger partial charge in [-0.3, -0.25) is 4.79 Å². The molecule has 1 aliphatic rings. The number of carbonyl (C=O) groups is 1. The van der Waals surface area contributed by atoms with E-state index >= 15 is 0 Å². The summed E-state index contributed by atoms with van der Waals surface area (Å²) in [6.07, 6.45) is 3.36. The Labute approximate surface area is 112 Å². The molecule has 0 aromatic heterocycles. The molecule has 0 unspecified atom stereocenters. The molecule has 100 valence electrons. The number of anilines is 1. The van der Waals surface area contributed by atoms with Crippen molar-refractivity contribution in [2.24, 2.45) is 5.73 Å². The monoisotopic (exact) mass is 272 g/mol. The summed E-state index contributed by atoms with van der Waals surface area (Å²) in [6, 6.07) is 4.64. The highest BCUT2D eigenvalue weighted by molar-refractivity contribution is 5.98. The van der Waals surface area contributed by atoms with Gasteiger partial charge in [0, 0.05) is 11.3 Å². The predicted octanol–water partition coefficient (Wildman–Crippen LogP) is 2.77. The molecule has 0 heterocycles. The molecule has 1 fully saturated rings. The van der Waals surface area contributed by atoms with Crippen molar-refractivity contribution in [2.45, 2.75) is 38.1 Å². The molecule has 1 aliphatic carbocycles. The topological polar surface area (TPSA) is 55.1 Å². The Bertz CT molecular complexity index is 445. The lowest BCUT2D eigenvalue weighted by Gasteiger charge is -2.22. The summed E-state index contributed by atoms with van der Waals surface area (Å²) in [7, 11) is 0. The number of hydrogen-bond donors (Lipinski definition) is 2. The van der Waals surface area contributed by atoms with Gasteiger partial charge < -0.3 is 11.1 Å². The number of nitrogens with one attached hydrogen (secondary N) is 1. The van der Waals surface area contributed by atoms with Crippen molar-refractivity contribution in [3.05, 3.63) is 29.6 Å². The van der Waals surface area contributed by atoms with Gasteiger partial charge in [0.15, 0.2) is 0 Å². The highest BCUT2D eigenvalue weighted by Crippen LogP contribution is 2.29. The number of nitrogens with two attached hydrogens (primary N) is 1. The summed E-state index contributed by atoms with van der Waals surface area (Å²) < 4.78 is 13.3. The summed E-state index contributed by atoms with van der Waals surface area (Å²) in [4.78, 5) is 12.0. The highest BCUT2D eigenvalue weighted by atomic mass is 35.5. The van der Waals surface area contributed by atoms with E-state index < -0.39 is 5.54 Å². The Balaban J connectivity index is 0.00000162. The van der Waals surface area contributed by atoms with Crippen LogP contribution in [0.4, 0.5) is 10.1 Å². The van der Waals surface area contributed by atoms with Crippen LogP contribution in [0.2, 0.25) is 0 Å². The van der Waals surface area contributed by atoms with E-state index in [2.05, 4.69) is 5.32 Å². The second-order valence-corrected chi connectivity index (χ2v) is 4.73. The van der Waals surface area contributed by atoms with Crippen LogP contribution in [0.15, 0.2) is 18.2 Å². The molecule has 0 saturated heterocycles. The lowest BCUT2D eigenvalue weighted by molar-refractivity contribution is -0.121. The zero-order valence-electron chi connectivity index (χ0n) is 10.3. The van der Waals surface area contributed by atoms with Gasteiger partial charge in [0.25, 0.3) is 0 Å². The van der Waals surface area contributed by atoms with Gasteiger partial charge in [-0.15, -0.1) is 12.4 Å². The Morgan fingerprint density at radius 1 is 1.39 bits per heavy atom. The summed E-state index contributed by atoms with van der Waals surface area (Å²) in [5, 5.41) is 2.73. The summed E-state index contributed by atoms with van der Waals surface area (Å²) in [5.41, 5.74) is 6.21. The normalized spacial score (nSPS) is 17.1. The van der Waals surface area contributed by atoms with E-state index in [1.54, 1.807) is 19.1 Å². The van der Waals surface area contributed by atoms with E-state index in [1.165, 1.54) is 6.07 Å². The van der Waals surface area contributed by atoms with Gasteiger partial charge in [-0.2, -0.15) is 0 Å². The molecule has 18 heavy (non-hydrogen) atoms. The maximum atomic E-state index is 13.3. The van der Waals surface area contributed by atoms with E-state index in [-0.39, 0.29) is 24.1 Å². The fraction of sp³-hybridized carbons (Fsp3) is 0.462. The summed E-state index contributed by atoms with van der Waals surface area (Å²) >= 11 is 0. The van der Waals surface area contributed by atoms with Gasteiger partial charge in [-0.05, 0) is 31.9 Å². The molecule has 1 saturated carbocycles. The summed E-state index contributed by atoms with van der Waals surface area (Å²) in [5.74, 6) is -0.524. The standard InChI is InChI=1S/C13H17FN2O.ClH/c1-9-10(14)5-4-6-11(9)16-12(17)13(15)7-2-3-8-13;/h4-6H,2-3,7-8,15H2,1H3,(H,16,17);1H. The van der Waals surface area contributed by atoms with Crippen LogP contribution >= 0.6 is 12.4 Å². The number of amides is 1. The lowest BCUT2D eigenvalue weighted by Crippen LogP contribution is -2.48. The zero-order chi connectivity index (χ0) is 12.5. The van der Waals surface area contributed by atoms with E-state index in [9.17, 15) is 9.18 Å². The SMILES string of the molecule is Cc1c(F)cccc1NC(=O)C1(N)CCCC1.Cl. The molecule has 1 amide bonds. The third kappa shape index (κ3) is 2.82. The number of rotatable bonds is 2. The third-order valence-corrected chi connectivity index (χ3v) is 3.46. The van der Waals surface area contributed by atoms with E-state index in [0.29, 0.717) is 24.1 Å².